The van der Waals surface area contributed by atoms with E-state index in [1.807, 2.05) is 13.8 Å². The highest BCUT2D eigenvalue weighted by molar-refractivity contribution is 7.99. The van der Waals surface area contributed by atoms with Crippen LogP contribution in [0.5, 0.6) is 0 Å². The third-order valence-electron chi connectivity index (χ3n) is 4.33. The van der Waals surface area contributed by atoms with Gasteiger partial charge in [0.05, 0.1) is 5.75 Å². The number of fused-ring (bicyclic) bond motifs is 1. The van der Waals surface area contributed by atoms with Crippen molar-refractivity contribution in [3.63, 3.8) is 0 Å². The molecule has 0 saturated carbocycles. The van der Waals surface area contributed by atoms with Gasteiger partial charge in [-0.05, 0) is 32.6 Å². The number of primary amides is 1. The summed E-state index contributed by atoms with van der Waals surface area (Å²) in [5, 5.41) is 1.36. The number of rotatable bonds is 5. The Labute approximate surface area is 154 Å². The molecule has 7 nitrogen and oxygen atoms in total. The molecule has 0 aromatic carbocycles. The maximum absolute atomic E-state index is 12.9. The smallest absolute Gasteiger partial charge is 0.274 e. The zero-order chi connectivity index (χ0) is 18.1. The lowest BCUT2D eigenvalue weighted by atomic mass is 10.00. The fraction of sp³-hybridized carbons (Fsp3) is 0.625. The van der Waals surface area contributed by atoms with Crippen LogP contribution in [-0.4, -0.2) is 39.3 Å². The SMILES string of the molecule is CC1CCN(c2nc3nc(SCC(N)=O)n(C(C)C)c(=O)c3s2)CC1. The molecule has 136 valence electrons. The van der Waals surface area contributed by atoms with Gasteiger partial charge in [-0.1, -0.05) is 30.0 Å². The first-order valence-electron chi connectivity index (χ1n) is 8.46. The summed E-state index contributed by atoms with van der Waals surface area (Å²) >= 11 is 2.60. The molecular weight excluding hydrogens is 358 g/mol. The van der Waals surface area contributed by atoms with E-state index in [-0.39, 0.29) is 17.4 Å². The second-order valence-electron chi connectivity index (χ2n) is 6.74. The highest BCUT2D eigenvalue weighted by atomic mass is 32.2. The number of carbonyl (C=O) groups excluding carboxylic acids is 1. The Bertz CT molecular complexity index is 837. The number of thiazole rings is 1. The number of nitrogens with zero attached hydrogens (tertiary/aromatic N) is 4. The van der Waals surface area contributed by atoms with E-state index in [2.05, 4.69) is 21.8 Å². The van der Waals surface area contributed by atoms with Gasteiger partial charge in [0.2, 0.25) is 5.91 Å². The van der Waals surface area contributed by atoms with E-state index in [4.69, 9.17) is 5.73 Å². The molecule has 1 saturated heterocycles. The molecule has 0 atom stereocenters. The standard InChI is InChI=1S/C16H23N5O2S2/c1-9(2)21-14(23)12-13(19-16(21)24-8-11(17)22)18-15(25-12)20-6-4-10(3)5-7-20/h9-10H,4-8H2,1-3H3,(H2,17,22). The first-order chi connectivity index (χ1) is 11.9. The molecule has 0 aliphatic carbocycles. The summed E-state index contributed by atoms with van der Waals surface area (Å²) in [5.74, 6) is 0.390. The van der Waals surface area contributed by atoms with Crippen LogP contribution in [0, 0.1) is 5.92 Å². The van der Waals surface area contributed by atoms with Crippen molar-refractivity contribution >= 4 is 44.5 Å². The molecule has 3 rings (SSSR count). The third kappa shape index (κ3) is 3.82. The Balaban J connectivity index is 2.02. The molecular formula is C16H23N5O2S2. The van der Waals surface area contributed by atoms with Crippen molar-refractivity contribution in [1.29, 1.82) is 0 Å². The Morgan fingerprint density at radius 2 is 2.04 bits per heavy atom. The highest BCUT2D eigenvalue weighted by Crippen LogP contribution is 2.30. The number of amides is 1. The number of hydrogen-bond acceptors (Lipinski definition) is 7. The van der Waals surface area contributed by atoms with E-state index >= 15 is 0 Å². The molecule has 0 bridgehead atoms. The van der Waals surface area contributed by atoms with Crippen LogP contribution in [0.25, 0.3) is 10.3 Å². The van der Waals surface area contributed by atoms with E-state index in [1.54, 1.807) is 4.57 Å². The molecule has 3 heterocycles. The van der Waals surface area contributed by atoms with Crippen molar-refractivity contribution in [2.24, 2.45) is 11.7 Å². The first kappa shape index (κ1) is 18.2. The second-order valence-corrected chi connectivity index (χ2v) is 8.66. The van der Waals surface area contributed by atoms with Crippen molar-refractivity contribution in [2.75, 3.05) is 23.7 Å². The van der Waals surface area contributed by atoms with Crippen molar-refractivity contribution in [3.05, 3.63) is 10.4 Å². The van der Waals surface area contributed by atoms with Gasteiger partial charge in [-0.15, -0.1) is 0 Å². The van der Waals surface area contributed by atoms with Crippen LogP contribution in [-0.2, 0) is 4.79 Å². The average molecular weight is 382 g/mol. The van der Waals surface area contributed by atoms with Crippen LogP contribution in [0.3, 0.4) is 0 Å². The monoisotopic (exact) mass is 381 g/mol. The summed E-state index contributed by atoms with van der Waals surface area (Å²) in [7, 11) is 0. The topological polar surface area (TPSA) is 94.1 Å². The molecule has 1 fully saturated rings. The van der Waals surface area contributed by atoms with E-state index in [0.717, 1.165) is 37.0 Å². The van der Waals surface area contributed by atoms with E-state index in [1.165, 1.54) is 23.1 Å². The van der Waals surface area contributed by atoms with Gasteiger partial charge in [0.1, 0.15) is 4.70 Å². The van der Waals surface area contributed by atoms with Gasteiger partial charge in [-0.3, -0.25) is 14.2 Å². The normalized spacial score (nSPS) is 16.1. The van der Waals surface area contributed by atoms with Crippen LogP contribution in [0.2, 0.25) is 0 Å². The molecule has 9 heteroatoms. The largest absolute Gasteiger partial charge is 0.369 e. The molecule has 25 heavy (non-hydrogen) atoms. The molecule has 0 unspecified atom stereocenters. The Kier molecular flexibility index (Phi) is 5.33. The van der Waals surface area contributed by atoms with E-state index < -0.39 is 5.91 Å². The molecule has 2 aromatic heterocycles. The van der Waals surface area contributed by atoms with Crippen LogP contribution < -0.4 is 16.2 Å². The first-order valence-corrected chi connectivity index (χ1v) is 10.3. The maximum Gasteiger partial charge on any atom is 0.274 e. The van der Waals surface area contributed by atoms with Gasteiger partial charge in [-0.2, -0.15) is 4.98 Å². The zero-order valence-electron chi connectivity index (χ0n) is 14.7. The van der Waals surface area contributed by atoms with Crippen molar-refractivity contribution in [1.82, 2.24) is 14.5 Å². The predicted molar refractivity (Wildman–Crippen MR) is 103 cm³/mol. The Hall–Kier alpha value is -1.61. The number of aromatic nitrogens is 3. The fourth-order valence-corrected chi connectivity index (χ4v) is 4.73. The summed E-state index contributed by atoms with van der Waals surface area (Å²) in [6.45, 7) is 8.04. The predicted octanol–water partition coefficient (Wildman–Crippen LogP) is 2.25. The van der Waals surface area contributed by atoms with Crippen LogP contribution in [0.15, 0.2) is 9.95 Å². The Morgan fingerprint density at radius 1 is 1.36 bits per heavy atom. The average Bonchev–Trinajstić information content (AvgIpc) is 2.97. The lowest BCUT2D eigenvalue weighted by molar-refractivity contribution is -0.115. The van der Waals surface area contributed by atoms with Crippen molar-refractivity contribution in [2.45, 2.75) is 44.8 Å². The number of piperidine rings is 1. The molecule has 2 aromatic rings. The van der Waals surface area contributed by atoms with Gasteiger partial charge in [0.15, 0.2) is 15.9 Å². The Morgan fingerprint density at radius 3 is 2.64 bits per heavy atom. The van der Waals surface area contributed by atoms with E-state index in [9.17, 15) is 9.59 Å². The number of nitrogens with two attached hydrogens (primary N) is 1. The number of carbonyl (C=O) groups is 1. The van der Waals surface area contributed by atoms with Gasteiger partial charge in [0.25, 0.3) is 5.56 Å². The summed E-state index contributed by atoms with van der Waals surface area (Å²) in [5.41, 5.74) is 5.60. The minimum Gasteiger partial charge on any atom is -0.369 e. The minimum absolute atomic E-state index is 0.0545. The molecule has 0 radical (unpaired) electrons. The molecule has 1 aliphatic rings. The maximum atomic E-state index is 12.9. The number of anilines is 1. The van der Waals surface area contributed by atoms with Gasteiger partial charge < -0.3 is 10.6 Å². The fourth-order valence-electron chi connectivity index (χ4n) is 2.88. The summed E-state index contributed by atoms with van der Waals surface area (Å²) in [4.78, 5) is 35.4. The van der Waals surface area contributed by atoms with E-state index in [0.29, 0.717) is 15.5 Å². The lowest BCUT2D eigenvalue weighted by Gasteiger charge is -2.29. The van der Waals surface area contributed by atoms with Gasteiger partial charge in [-0.25, -0.2) is 4.98 Å². The quantitative estimate of drug-likeness (QED) is 0.630. The second kappa shape index (κ2) is 7.33. The lowest BCUT2D eigenvalue weighted by Crippen LogP contribution is -2.32. The zero-order valence-corrected chi connectivity index (χ0v) is 16.3. The van der Waals surface area contributed by atoms with Crippen molar-refractivity contribution in [3.8, 4) is 0 Å². The number of hydrogen-bond donors (Lipinski definition) is 1. The van der Waals surface area contributed by atoms with Crippen LogP contribution in [0.1, 0.15) is 39.7 Å². The molecule has 1 aliphatic heterocycles. The summed E-state index contributed by atoms with van der Waals surface area (Å²) in [6, 6.07) is -0.0545. The molecule has 0 spiro atoms. The van der Waals surface area contributed by atoms with Gasteiger partial charge >= 0.3 is 0 Å². The number of thioether (sulfide) groups is 1. The highest BCUT2D eigenvalue weighted by Gasteiger charge is 2.22. The third-order valence-corrected chi connectivity index (χ3v) is 6.40. The van der Waals surface area contributed by atoms with Gasteiger partial charge in [0, 0.05) is 19.1 Å². The minimum atomic E-state index is -0.434. The van der Waals surface area contributed by atoms with Crippen LogP contribution in [0.4, 0.5) is 5.13 Å². The molecule has 2 N–H and O–H groups in total. The van der Waals surface area contributed by atoms with Crippen molar-refractivity contribution < 1.29 is 4.79 Å². The molecule has 1 amide bonds. The summed E-state index contributed by atoms with van der Waals surface area (Å²) < 4.78 is 2.20. The summed E-state index contributed by atoms with van der Waals surface area (Å²) in [6.07, 6.45) is 2.28. The van der Waals surface area contributed by atoms with Crippen LogP contribution >= 0.6 is 23.1 Å².